The largest absolute Gasteiger partial charge is 0.294 e. The molecule has 0 amide bonds. The van der Waals surface area contributed by atoms with Crippen molar-refractivity contribution in [3.05, 3.63) is 40.7 Å². The molecule has 0 bridgehead atoms. The second-order valence-electron chi connectivity index (χ2n) is 2.88. The summed E-state index contributed by atoms with van der Waals surface area (Å²) in [6.07, 6.45) is 1.41. The summed E-state index contributed by atoms with van der Waals surface area (Å²) in [5.41, 5.74) is 2.47. The van der Waals surface area contributed by atoms with E-state index in [2.05, 4.69) is 4.85 Å². The highest BCUT2D eigenvalue weighted by atomic mass is 16.1. The Hall–Kier alpha value is -1.62. The van der Waals surface area contributed by atoms with Crippen LogP contribution in [0.5, 0.6) is 0 Å². The summed E-state index contributed by atoms with van der Waals surface area (Å²) in [7, 11) is 0. The van der Waals surface area contributed by atoms with Crippen molar-refractivity contribution in [1.82, 2.24) is 0 Å². The fourth-order valence-corrected chi connectivity index (χ4v) is 1.51. The van der Waals surface area contributed by atoms with Gasteiger partial charge in [-0.1, -0.05) is 18.2 Å². The molecule has 2 nitrogen and oxygen atoms in total. The Kier molecular flexibility index (Phi) is 1.44. The number of rotatable bonds is 0. The maximum atomic E-state index is 11.2. The molecule has 2 rings (SSSR count). The zero-order valence-electron chi connectivity index (χ0n) is 6.50. The Balaban J connectivity index is 2.57. The molecule has 1 aliphatic carbocycles. The average Bonchev–Trinajstić information content (AvgIpc) is 2.47. The minimum atomic E-state index is 0.210. The van der Waals surface area contributed by atoms with Crippen LogP contribution in [0, 0.1) is 6.57 Å². The van der Waals surface area contributed by atoms with Crippen molar-refractivity contribution in [3.8, 4) is 0 Å². The van der Waals surface area contributed by atoms with Crippen LogP contribution in [0.4, 0.5) is 5.69 Å². The number of benzene rings is 1. The van der Waals surface area contributed by atoms with Crippen LogP contribution in [0.2, 0.25) is 0 Å². The molecule has 0 aliphatic heterocycles. The molecule has 1 aromatic rings. The Morgan fingerprint density at radius 3 is 2.92 bits per heavy atom. The molecule has 0 N–H and O–H groups in total. The lowest BCUT2D eigenvalue weighted by Gasteiger charge is -1.95. The van der Waals surface area contributed by atoms with Crippen LogP contribution in [-0.2, 0) is 6.42 Å². The number of aryl methyl sites for hydroxylation is 1. The van der Waals surface area contributed by atoms with Gasteiger partial charge in [-0.05, 0) is 12.0 Å². The smallest absolute Gasteiger partial charge is 0.187 e. The van der Waals surface area contributed by atoms with Crippen LogP contribution >= 0.6 is 0 Å². The molecule has 12 heavy (non-hydrogen) atoms. The van der Waals surface area contributed by atoms with E-state index < -0.39 is 0 Å². The lowest BCUT2D eigenvalue weighted by atomic mass is 10.1. The molecule has 0 fully saturated rings. The topological polar surface area (TPSA) is 21.4 Å². The zero-order chi connectivity index (χ0) is 8.55. The van der Waals surface area contributed by atoms with E-state index in [1.54, 1.807) is 12.1 Å². The lowest BCUT2D eigenvalue weighted by molar-refractivity contribution is 0.0994. The van der Waals surface area contributed by atoms with Gasteiger partial charge in [-0.2, -0.15) is 0 Å². The summed E-state index contributed by atoms with van der Waals surface area (Å²) in [5, 5.41) is 0. The second kappa shape index (κ2) is 2.46. The first-order chi connectivity index (χ1) is 5.81. The molecule has 2 heteroatoms. The number of hydrogen-bond donors (Lipinski definition) is 0. The minimum Gasteiger partial charge on any atom is -0.294 e. The van der Waals surface area contributed by atoms with Crippen molar-refractivity contribution in [2.75, 3.05) is 0 Å². The van der Waals surface area contributed by atoms with Crippen molar-refractivity contribution in [2.45, 2.75) is 12.8 Å². The number of nitrogens with zero attached hydrogens (tertiary/aromatic N) is 1. The van der Waals surface area contributed by atoms with Crippen LogP contribution in [0.1, 0.15) is 22.3 Å². The van der Waals surface area contributed by atoms with E-state index in [-0.39, 0.29) is 5.78 Å². The maximum Gasteiger partial charge on any atom is 0.187 e. The predicted molar refractivity (Wildman–Crippen MR) is 45.4 cm³/mol. The van der Waals surface area contributed by atoms with Gasteiger partial charge < -0.3 is 0 Å². The standard InChI is InChI=1S/C10H7NO/c1-11-8-3-4-9-7(6-8)2-5-10(9)12/h3-4,6H,2,5H2. The van der Waals surface area contributed by atoms with Crippen LogP contribution in [0.15, 0.2) is 18.2 Å². The maximum absolute atomic E-state index is 11.2. The van der Waals surface area contributed by atoms with E-state index in [4.69, 9.17) is 6.57 Å². The molecule has 1 aromatic carbocycles. The van der Waals surface area contributed by atoms with Crippen molar-refractivity contribution >= 4 is 11.5 Å². The number of Topliss-reactive ketones (excluding diaryl/α,β-unsaturated/α-hetero) is 1. The molecule has 0 spiro atoms. The predicted octanol–water partition coefficient (Wildman–Crippen LogP) is 2.37. The van der Waals surface area contributed by atoms with E-state index in [0.717, 1.165) is 17.5 Å². The molecule has 0 saturated heterocycles. The first-order valence-electron chi connectivity index (χ1n) is 3.85. The Bertz CT molecular complexity index is 387. The number of carbonyl (C=O) groups is 1. The quantitative estimate of drug-likeness (QED) is 0.530. The normalized spacial score (nSPS) is 14.1. The third kappa shape index (κ3) is 0.911. The molecule has 0 atom stereocenters. The van der Waals surface area contributed by atoms with E-state index in [1.807, 2.05) is 6.07 Å². The third-order valence-electron chi connectivity index (χ3n) is 2.14. The van der Waals surface area contributed by atoms with Gasteiger partial charge in [0.1, 0.15) is 0 Å². The second-order valence-corrected chi connectivity index (χ2v) is 2.88. The summed E-state index contributed by atoms with van der Waals surface area (Å²) in [5.74, 6) is 0.210. The molecule has 58 valence electrons. The Morgan fingerprint density at radius 2 is 2.17 bits per heavy atom. The molecular weight excluding hydrogens is 150 g/mol. The summed E-state index contributed by atoms with van der Waals surface area (Å²) in [4.78, 5) is 14.5. The first-order valence-corrected chi connectivity index (χ1v) is 3.85. The highest BCUT2D eigenvalue weighted by molar-refractivity contribution is 6.00. The molecule has 0 unspecified atom stereocenters. The summed E-state index contributed by atoms with van der Waals surface area (Å²) in [6.45, 7) is 6.80. The van der Waals surface area contributed by atoms with Crippen LogP contribution in [0.3, 0.4) is 0 Å². The van der Waals surface area contributed by atoms with Crippen molar-refractivity contribution < 1.29 is 4.79 Å². The van der Waals surface area contributed by atoms with Crippen LogP contribution < -0.4 is 0 Å². The van der Waals surface area contributed by atoms with E-state index >= 15 is 0 Å². The van der Waals surface area contributed by atoms with Gasteiger partial charge in [0.05, 0.1) is 6.57 Å². The molecular formula is C10H7NO. The van der Waals surface area contributed by atoms with Gasteiger partial charge in [-0.3, -0.25) is 4.79 Å². The molecule has 0 radical (unpaired) electrons. The summed E-state index contributed by atoms with van der Waals surface area (Å²) in [6, 6.07) is 5.28. The monoisotopic (exact) mass is 157 g/mol. The Morgan fingerprint density at radius 1 is 1.33 bits per heavy atom. The van der Waals surface area contributed by atoms with E-state index in [0.29, 0.717) is 12.1 Å². The molecule has 0 aromatic heterocycles. The van der Waals surface area contributed by atoms with E-state index in [1.165, 1.54) is 0 Å². The number of fused-ring (bicyclic) bond motifs is 1. The third-order valence-corrected chi connectivity index (χ3v) is 2.14. The first kappa shape index (κ1) is 7.05. The van der Waals surface area contributed by atoms with Gasteiger partial charge in [0, 0.05) is 12.0 Å². The Labute approximate surface area is 70.6 Å². The lowest BCUT2D eigenvalue weighted by Crippen LogP contribution is -1.89. The van der Waals surface area contributed by atoms with Gasteiger partial charge in [0.25, 0.3) is 0 Å². The van der Waals surface area contributed by atoms with Gasteiger partial charge >= 0.3 is 0 Å². The molecule has 0 saturated carbocycles. The SMILES string of the molecule is [C-]#[N+]c1ccc2c(c1)CCC2=O. The molecule has 1 aliphatic rings. The van der Waals surface area contributed by atoms with Gasteiger partial charge in [0.15, 0.2) is 11.5 Å². The number of hydrogen-bond acceptors (Lipinski definition) is 1. The molecule has 0 heterocycles. The van der Waals surface area contributed by atoms with E-state index in [9.17, 15) is 4.79 Å². The van der Waals surface area contributed by atoms with Gasteiger partial charge in [0.2, 0.25) is 0 Å². The highest BCUT2D eigenvalue weighted by Gasteiger charge is 2.18. The highest BCUT2D eigenvalue weighted by Crippen LogP contribution is 2.25. The summed E-state index contributed by atoms with van der Waals surface area (Å²) < 4.78 is 0. The van der Waals surface area contributed by atoms with Crippen molar-refractivity contribution in [1.29, 1.82) is 0 Å². The summed E-state index contributed by atoms with van der Waals surface area (Å²) >= 11 is 0. The average molecular weight is 157 g/mol. The van der Waals surface area contributed by atoms with Crippen molar-refractivity contribution in [3.63, 3.8) is 0 Å². The number of carbonyl (C=O) groups excluding carboxylic acids is 1. The van der Waals surface area contributed by atoms with Crippen LogP contribution in [-0.4, -0.2) is 5.78 Å². The zero-order valence-corrected chi connectivity index (χ0v) is 6.50. The fraction of sp³-hybridized carbons (Fsp3) is 0.200. The van der Waals surface area contributed by atoms with Gasteiger partial charge in [-0.15, -0.1) is 0 Å². The van der Waals surface area contributed by atoms with Crippen molar-refractivity contribution in [2.24, 2.45) is 0 Å². The number of ketones is 1. The minimum absolute atomic E-state index is 0.210. The van der Waals surface area contributed by atoms with Crippen LogP contribution in [0.25, 0.3) is 4.85 Å². The van der Waals surface area contributed by atoms with Gasteiger partial charge in [-0.25, -0.2) is 4.85 Å². The fourth-order valence-electron chi connectivity index (χ4n) is 1.51.